The monoisotopic (exact) mass is 314 g/mol. The van der Waals surface area contributed by atoms with Crippen molar-refractivity contribution in [2.24, 2.45) is 0 Å². The molecule has 1 atom stereocenters. The number of nitrogens with zero attached hydrogens (tertiary/aromatic N) is 6. The molecular formula is C14H18N8O. The maximum Gasteiger partial charge on any atom is 0.319 e. The summed E-state index contributed by atoms with van der Waals surface area (Å²) in [7, 11) is 0. The van der Waals surface area contributed by atoms with Crippen molar-refractivity contribution >= 4 is 17.4 Å². The molecular weight excluding hydrogens is 296 g/mol. The first-order chi connectivity index (χ1) is 11.1. The molecule has 0 saturated carbocycles. The Morgan fingerprint density at radius 1 is 1.43 bits per heavy atom. The number of aromatic nitrogens is 6. The van der Waals surface area contributed by atoms with Crippen molar-refractivity contribution in [3.8, 4) is 0 Å². The summed E-state index contributed by atoms with van der Waals surface area (Å²) >= 11 is 0. The van der Waals surface area contributed by atoms with Crippen LogP contribution in [0, 0.1) is 6.92 Å². The van der Waals surface area contributed by atoms with Crippen LogP contribution < -0.4 is 10.6 Å². The number of hydrogen-bond donors (Lipinski definition) is 2. The van der Waals surface area contributed by atoms with E-state index in [2.05, 4.69) is 30.8 Å². The SMILES string of the molecule is CCn1ncnc1C(C)NC(=O)Nc1cccn2nc(C)nc12. The number of carbonyl (C=O) groups is 1. The fourth-order valence-electron chi connectivity index (χ4n) is 2.38. The van der Waals surface area contributed by atoms with Crippen LogP contribution in [0.3, 0.4) is 0 Å². The van der Waals surface area contributed by atoms with Crippen LogP contribution in [0.2, 0.25) is 0 Å². The van der Waals surface area contributed by atoms with Gasteiger partial charge in [-0.15, -0.1) is 0 Å². The van der Waals surface area contributed by atoms with Crippen molar-refractivity contribution in [1.82, 2.24) is 34.7 Å². The second-order valence-electron chi connectivity index (χ2n) is 5.10. The number of amides is 2. The summed E-state index contributed by atoms with van der Waals surface area (Å²) in [6.07, 6.45) is 3.26. The van der Waals surface area contributed by atoms with Gasteiger partial charge < -0.3 is 10.6 Å². The predicted octanol–water partition coefficient (Wildman–Crippen LogP) is 1.53. The number of hydrogen-bond acceptors (Lipinski definition) is 5. The molecule has 3 heterocycles. The average molecular weight is 314 g/mol. The van der Waals surface area contributed by atoms with Gasteiger partial charge in [0.25, 0.3) is 0 Å². The fourth-order valence-corrected chi connectivity index (χ4v) is 2.38. The quantitative estimate of drug-likeness (QED) is 0.760. The first-order valence-electron chi connectivity index (χ1n) is 7.35. The van der Waals surface area contributed by atoms with Crippen LogP contribution in [0.15, 0.2) is 24.7 Å². The highest BCUT2D eigenvalue weighted by atomic mass is 16.2. The van der Waals surface area contributed by atoms with Gasteiger partial charge in [-0.05, 0) is 32.9 Å². The van der Waals surface area contributed by atoms with Crippen LogP contribution in [0.5, 0.6) is 0 Å². The lowest BCUT2D eigenvalue weighted by Crippen LogP contribution is -2.32. The van der Waals surface area contributed by atoms with E-state index in [9.17, 15) is 4.79 Å². The van der Waals surface area contributed by atoms with E-state index in [1.165, 1.54) is 6.33 Å². The number of nitrogens with one attached hydrogen (secondary N) is 2. The van der Waals surface area contributed by atoms with Gasteiger partial charge in [0.15, 0.2) is 5.65 Å². The van der Waals surface area contributed by atoms with Crippen molar-refractivity contribution in [2.45, 2.75) is 33.4 Å². The number of carbonyl (C=O) groups excluding carboxylic acids is 1. The fraction of sp³-hybridized carbons (Fsp3) is 0.357. The van der Waals surface area contributed by atoms with Crippen molar-refractivity contribution < 1.29 is 4.79 Å². The first-order valence-corrected chi connectivity index (χ1v) is 7.35. The van der Waals surface area contributed by atoms with Crippen molar-refractivity contribution in [1.29, 1.82) is 0 Å². The summed E-state index contributed by atoms with van der Waals surface area (Å²) in [4.78, 5) is 20.7. The number of pyridine rings is 1. The third kappa shape index (κ3) is 2.98. The van der Waals surface area contributed by atoms with Crippen LogP contribution in [-0.2, 0) is 6.54 Å². The van der Waals surface area contributed by atoms with Crippen molar-refractivity contribution in [3.05, 3.63) is 36.3 Å². The molecule has 120 valence electrons. The zero-order valence-corrected chi connectivity index (χ0v) is 13.2. The molecule has 0 aliphatic rings. The summed E-state index contributed by atoms with van der Waals surface area (Å²) in [5, 5.41) is 14.0. The second-order valence-corrected chi connectivity index (χ2v) is 5.10. The highest BCUT2D eigenvalue weighted by molar-refractivity contribution is 5.93. The van der Waals surface area contributed by atoms with Crippen molar-refractivity contribution in [3.63, 3.8) is 0 Å². The average Bonchev–Trinajstić information content (AvgIpc) is 3.12. The Morgan fingerprint density at radius 2 is 2.26 bits per heavy atom. The van der Waals surface area contributed by atoms with Gasteiger partial charge in [-0.25, -0.2) is 24.0 Å². The number of aryl methyl sites for hydroxylation is 2. The van der Waals surface area contributed by atoms with E-state index in [4.69, 9.17) is 0 Å². The normalized spacial score (nSPS) is 12.3. The van der Waals surface area contributed by atoms with Crippen LogP contribution in [-0.4, -0.2) is 35.4 Å². The maximum atomic E-state index is 12.2. The lowest BCUT2D eigenvalue weighted by atomic mass is 10.3. The minimum atomic E-state index is -0.336. The van der Waals surface area contributed by atoms with Crippen LogP contribution in [0.25, 0.3) is 5.65 Å². The maximum absolute atomic E-state index is 12.2. The Labute approximate surface area is 132 Å². The third-order valence-corrected chi connectivity index (χ3v) is 3.40. The van der Waals surface area contributed by atoms with Crippen LogP contribution >= 0.6 is 0 Å². The predicted molar refractivity (Wildman–Crippen MR) is 84.0 cm³/mol. The molecule has 3 aromatic heterocycles. The molecule has 9 heteroatoms. The second kappa shape index (κ2) is 6.03. The smallest absolute Gasteiger partial charge is 0.319 e. The molecule has 0 bridgehead atoms. The molecule has 2 amide bonds. The number of fused-ring (bicyclic) bond motifs is 1. The molecule has 23 heavy (non-hydrogen) atoms. The van der Waals surface area contributed by atoms with E-state index in [1.54, 1.807) is 34.5 Å². The van der Waals surface area contributed by atoms with Crippen LogP contribution in [0.4, 0.5) is 10.5 Å². The molecule has 2 N–H and O–H groups in total. The Morgan fingerprint density at radius 3 is 3.04 bits per heavy atom. The molecule has 0 fully saturated rings. The molecule has 9 nitrogen and oxygen atoms in total. The van der Waals surface area contributed by atoms with Gasteiger partial charge in [-0.3, -0.25) is 0 Å². The Balaban J connectivity index is 1.74. The Kier molecular flexibility index (Phi) is 3.92. The molecule has 0 aromatic carbocycles. The standard InChI is InChI=1S/C14H18N8O/c1-4-21-12(15-8-16-21)9(2)17-14(23)19-11-6-5-7-22-13(11)18-10(3)20-22/h5-9H,4H2,1-3H3,(H2,17,19,23). The summed E-state index contributed by atoms with van der Waals surface area (Å²) in [6.45, 7) is 6.33. The molecule has 0 aliphatic carbocycles. The van der Waals surface area contributed by atoms with Gasteiger partial charge in [0.05, 0.1) is 11.7 Å². The molecule has 0 saturated heterocycles. The van der Waals surface area contributed by atoms with Gasteiger partial charge in [0.2, 0.25) is 0 Å². The van der Waals surface area contributed by atoms with Gasteiger partial charge in [0.1, 0.15) is 18.0 Å². The summed E-state index contributed by atoms with van der Waals surface area (Å²) in [5.41, 5.74) is 1.19. The van der Waals surface area contributed by atoms with E-state index in [0.29, 0.717) is 29.5 Å². The van der Waals surface area contributed by atoms with E-state index < -0.39 is 0 Å². The molecule has 1 unspecified atom stereocenters. The zero-order valence-electron chi connectivity index (χ0n) is 13.2. The summed E-state index contributed by atoms with van der Waals surface area (Å²) in [6, 6.07) is 2.98. The van der Waals surface area contributed by atoms with E-state index in [0.717, 1.165) is 0 Å². The van der Waals surface area contributed by atoms with Crippen LogP contribution in [0.1, 0.15) is 31.5 Å². The van der Waals surface area contributed by atoms with Gasteiger partial charge >= 0.3 is 6.03 Å². The number of anilines is 1. The number of urea groups is 1. The van der Waals surface area contributed by atoms with Gasteiger partial charge in [-0.2, -0.15) is 10.2 Å². The molecule has 3 aromatic rings. The van der Waals surface area contributed by atoms with Gasteiger partial charge in [-0.1, -0.05) is 0 Å². The van der Waals surface area contributed by atoms with E-state index >= 15 is 0 Å². The highest BCUT2D eigenvalue weighted by Crippen LogP contribution is 2.15. The van der Waals surface area contributed by atoms with Crippen molar-refractivity contribution in [2.75, 3.05) is 5.32 Å². The molecule has 0 radical (unpaired) electrons. The lowest BCUT2D eigenvalue weighted by Gasteiger charge is -2.14. The molecule has 0 spiro atoms. The largest absolute Gasteiger partial charge is 0.328 e. The van der Waals surface area contributed by atoms with E-state index in [1.807, 2.05) is 13.8 Å². The minimum absolute atomic E-state index is 0.267. The zero-order chi connectivity index (χ0) is 16.4. The third-order valence-electron chi connectivity index (χ3n) is 3.40. The summed E-state index contributed by atoms with van der Waals surface area (Å²) < 4.78 is 3.37. The summed E-state index contributed by atoms with van der Waals surface area (Å²) in [5.74, 6) is 1.35. The molecule has 3 rings (SSSR count). The number of rotatable bonds is 4. The topological polar surface area (TPSA) is 102 Å². The first kappa shape index (κ1) is 14.9. The molecule has 0 aliphatic heterocycles. The van der Waals surface area contributed by atoms with Gasteiger partial charge in [0, 0.05) is 12.7 Å². The Hall–Kier alpha value is -2.97. The highest BCUT2D eigenvalue weighted by Gasteiger charge is 2.16. The van der Waals surface area contributed by atoms with E-state index in [-0.39, 0.29) is 12.1 Å². The minimum Gasteiger partial charge on any atom is -0.328 e. The Bertz CT molecular complexity index is 836. The lowest BCUT2D eigenvalue weighted by molar-refractivity contribution is 0.248.